The highest BCUT2D eigenvalue weighted by molar-refractivity contribution is 5.30. The van der Waals surface area contributed by atoms with Crippen LogP contribution in [0.1, 0.15) is 30.0 Å². The molecule has 0 saturated heterocycles. The van der Waals surface area contributed by atoms with Gasteiger partial charge in [-0.05, 0) is 44.7 Å². The summed E-state index contributed by atoms with van der Waals surface area (Å²) in [7, 11) is 0. The topological polar surface area (TPSA) is 26.0 Å². The number of nitrogens with two attached hydrogens (primary N) is 1. The largest absolute Gasteiger partial charge is 0.328 e. The first-order valence-electron chi connectivity index (χ1n) is 4.91. The lowest BCUT2D eigenvalue weighted by Crippen LogP contribution is -2.15. The molecule has 1 aromatic carbocycles. The van der Waals surface area contributed by atoms with Crippen molar-refractivity contribution in [2.45, 2.75) is 39.7 Å². The van der Waals surface area contributed by atoms with E-state index < -0.39 is 0 Å². The van der Waals surface area contributed by atoms with Crippen molar-refractivity contribution in [3.63, 3.8) is 0 Å². The highest BCUT2D eigenvalue weighted by Crippen LogP contribution is 2.12. The summed E-state index contributed by atoms with van der Waals surface area (Å²) in [6, 6.07) is 6.92. The summed E-state index contributed by atoms with van der Waals surface area (Å²) in [6.45, 7) is 6.36. The smallest absolute Gasteiger partial charge is 0.00136 e. The van der Waals surface area contributed by atoms with Gasteiger partial charge in [0.15, 0.2) is 0 Å². The highest BCUT2D eigenvalue weighted by Gasteiger charge is 2.00. The molecule has 1 atom stereocenters. The van der Waals surface area contributed by atoms with Crippen LogP contribution in [0.15, 0.2) is 18.2 Å². The molecule has 0 aliphatic rings. The standard InChI is InChI=1S/C12H19N/c1-9-4-6-12(10(2)8-9)7-5-11(3)13/h4,6,8,11H,5,7,13H2,1-3H3/t11-/m1/s1. The predicted molar refractivity (Wildman–Crippen MR) is 57.9 cm³/mol. The molecule has 1 nitrogen and oxygen atoms in total. The van der Waals surface area contributed by atoms with Gasteiger partial charge in [0.25, 0.3) is 0 Å². The van der Waals surface area contributed by atoms with Crippen LogP contribution in [0, 0.1) is 13.8 Å². The lowest BCUT2D eigenvalue weighted by atomic mass is 10.00. The second kappa shape index (κ2) is 4.43. The number of hydrogen-bond acceptors (Lipinski definition) is 1. The summed E-state index contributed by atoms with van der Waals surface area (Å²) in [5.41, 5.74) is 9.88. The molecule has 0 aliphatic carbocycles. The maximum atomic E-state index is 5.72. The van der Waals surface area contributed by atoms with Gasteiger partial charge in [-0.3, -0.25) is 0 Å². The monoisotopic (exact) mass is 177 g/mol. The van der Waals surface area contributed by atoms with E-state index in [1.807, 2.05) is 0 Å². The molecular weight excluding hydrogens is 158 g/mol. The Balaban J connectivity index is 2.67. The third-order valence-electron chi connectivity index (χ3n) is 2.37. The molecule has 0 saturated carbocycles. The van der Waals surface area contributed by atoms with Crippen molar-refractivity contribution in [2.24, 2.45) is 5.73 Å². The van der Waals surface area contributed by atoms with Gasteiger partial charge in [0.1, 0.15) is 0 Å². The summed E-state index contributed by atoms with van der Waals surface area (Å²) >= 11 is 0. The maximum absolute atomic E-state index is 5.72. The lowest BCUT2D eigenvalue weighted by Gasteiger charge is -2.08. The average molecular weight is 177 g/mol. The molecular formula is C12H19N. The van der Waals surface area contributed by atoms with Crippen molar-refractivity contribution >= 4 is 0 Å². The van der Waals surface area contributed by atoms with Crippen LogP contribution in [0.25, 0.3) is 0 Å². The molecule has 2 N–H and O–H groups in total. The van der Waals surface area contributed by atoms with E-state index in [-0.39, 0.29) is 0 Å². The second-order valence-electron chi connectivity index (χ2n) is 3.95. The van der Waals surface area contributed by atoms with Gasteiger partial charge in [-0.25, -0.2) is 0 Å². The minimum atomic E-state index is 0.306. The van der Waals surface area contributed by atoms with Crippen LogP contribution in [-0.2, 0) is 6.42 Å². The number of aryl methyl sites for hydroxylation is 3. The molecule has 1 heteroatoms. The molecule has 13 heavy (non-hydrogen) atoms. The summed E-state index contributed by atoms with van der Waals surface area (Å²) in [4.78, 5) is 0. The number of rotatable bonds is 3. The van der Waals surface area contributed by atoms with Gasteiger partial charge in [0.2, 0.25) is 0 Å². The zero-order valence-electron chi connectivity index (χ0n) is 8.80. The van der Waals surface area contributed by atoms with Gasteiger partial charge in [-0.2, -0.15) is 0 Å². The molecule has 0 heterocycles. The predicted octanol–water partition coefficient (Wildman–Crippen LogP) is 2.58. The zero-order chi connectivity index (χ0) is 9.84. The van der Waals surface area contributed by atoms with Gasteiger partial charge >= 0.3 is 0 Å². The maximum Gasteiger partial charge on any atom is 0.00136 e. The minimum absolute atomic E-state index is 0.306. The first-order chi connectivity index (χ1) is 6.09. The van der Waals surface area contributed by atoms with Crippen LogP contribution in [0.5, 0.6) is 0 Å². The lowest BCUT2D eigenvalue weighted by molar-refractivity contribution is 0.664. The van der Waals surface area contributed by atoms with E-state index >= 15 is 0 Å². The van der Waals surface area contributed by atoms with Crippen molar-refractivity contribution in [3.8, 4) is 0 Å². The molecule has 0 fully saturated rings. The fourth-order valence-electron chi connectivity index (χ4n) is 1.51. The first-order valence-corrected chi connectivity index (χ1v) is 4.91. The molecule has 1 rings (SSSR count). The number of hydrogen-bond donors (Lipinski definition) is 1. The minimum Gasteiger partial charge on any atom is -0.328 e. The Morgan fingerprint density at radius 1 is 1.31 bits per heavy atom. The Kier molecular flexibility index (Phi) is 3.49. The Morgan fingerprint density at radius 3 is 2.54 bits per heavy atom. The average Bonchev–Trinajstić information content (AvgIpc) is 2.02. The Labute approximate surface area is 81.0 Å². The van der Waals surface area contributed by atoms with E-state index in [0.29, 0.717) is 6.04 Å². The SMILES string of the molecule is Cc1ccc(CC[C@@H](C)N)c(C)c1. The summed E-state index contributed by atoms with van der Waals surface area (Å²) in [6.07, 6.45) is 2.17. The van der Waals surface area contributed by atoms with E-state index in [2.05, 4.69) is 39.0 Å². The molecule has 0 amide bonds. The molecule has 0 unspecified atom stereocenters. The third-order valence-corrected chi connectivity index (χ3v) is 2.37. The van der Waals surface area contributed by atoms with E-state index in [1.54, 1.807) is 0 Å². The second-order valence-corrected chi connectivity index (χ2v) is 3.95. The molecule has 1 aromatic rings. The molecule has 0 radical (unpaired) electrons. The molecule has 0 aromatic heterocycles. The Hall–Kier alpha value is -0.820. The van der Waals surface area contributed by atoms with Crippen LogP contribution >= 0.6 is 0 Å². The van der Waals surface area contributed by atoms with Crippen molar-refractivity contribution in [1.29, 1.82) is 0 Å². The highest BCUT2D eigenvalue weighted by atomic mass is 14.6. The van der Waals surface area contributed by atoms with Gasteiger partial charge in [-0.1, -0.05) is 23.8 Å². The zero-order valence-corrected chi connectivity index (χ0v) is 8.80. The fourth-order valence-corrected chi connectivity index (χ4v) is 1.51. The van der Waals surface area contributed by atoms with E-state index in [4.69, 9.17) is 5.73 Å². The van der Waals surface area contributed by atoms with Crippen LogP contribution in [-0.4, -0.2) is 6.04 Å². The molecule has 0 aliphatic heterocycles. The van der Waals surface area contributed by atoms with Gasteiger partial charge < -0.3 is 5.73 Å². The summed E-state index contributed by atoms with van der Waals surface area (Å²) < 4.78 is 0. The van der Waals surface area contributed by atoms with E-state index in [9.17, 15) is 0 Å². The molecule has 0 bridgehead atoms. The quantitative estimate of drug-likeness (QED) is 0.754. The van der Waals surface area contributed by atoms with E-state index in [1.165, 1.54) is 16.7 Å². The van der Waals surface area contributed by atoms with Crippen molar-refractivity contribution in [2.75, 3.05) is 0 Å². The Bertz CT molecular complexity index is 276. The summed E-state index contributed by atoms with van der Waals surface area (Å²) in [5, 5.41) is 0. The van der Waals surface area contributed by atoms with Gasteiger partial charge in [0.05, 0.1) is 0 Å². The third kappa shape index (κ3) is 3.19. The van der Waals surface area contributed by atoms with Crippen molar-refractivity contribution < 1.29 is 0 Å². The number of benzene rings is 1. The summed E-state index contributed by atoms with van der Waals surface area (Å²) in [5.74, 6) is 0. The van der Waals surface area contributed by atoms with Crippen LogP contribution < -0.4 is 5.73 Å². The van der Waals surface area contributed by atoms with Crippen LogP contribution in [0.2, 0.25) is 0 Å². The van der Waals surface area contributed by atoms with Gasteiger partial charge in [-0.15, -0.1) is 0 Å². The normalized spacial score (nSPS) is 12.9. The molecule has 0 spiro atoms. The van der Waals surface area contributed by atoms with E-state index in [0.717, 1.165) is 12.8 Å². The van der Waals surface area contributed by atoms with Crippen molar-refractivity contribution in [1.82, 2.24) is 0 Å². The van der Waals surface area contributed by atoms with Crippen LogP contribution in [0.3, 0.4) is 0 Å². The van der Waals surface area contributed by atoms with Crippen molar-refractivity contribution in [3.05, 3.63) is 34.9 Å². The molecule has 72 valence electrons. The van der Waals surface area contributed by atoms with Crippen LogP contribution in [0.4, 0.5) is 0 Å². The fraction of sp³-hybridized carbons (Fsp3) is 0.500. The first kappa shape index (κ1) is 10.3. The van der Waals surface area contributed by atoms with Gasteiger partial charge in [0, 0.05) is 6.04 Å². The Morgan fingerprint density at radius 2 is 2.00 bits per heavy atom.